The van der Waals surface area contributed by atoms with Crippen molar-refractivity contribution in [3.63, 3.8) is 0 Å². The molecule has 1 aromatic carbocycles. The molecule has 0 spiro atoms. The number of nitrogens with zero attached hydrogens (tertiary/aromatic N) is 4. The van der Waals surface area contributed by atoms with E-state index in [4.69, 9.17) is 0 Å². The van der Waals surface area contributed by atoms with Crippen molar-refractivity contribution in [2.75, 3.05) is 5.32 Å². The number of rotatable bonds is 4. The van der Waals surface area contributed by atoms with Crippen molar-refractivity contribution in [2.24, 2.45) is 7.05 Å². The van der Waals surface area contributed by atoms with Crippen LogP contribution in [0, 0.1) is 0 Å². The summed E-state index contributed by atoms with van der Waals surface area (Å²) in [5, 5.41) is 16.2. The Morgan fingerprint density at radius 3 is 2.81 bits per heavy atom. The standard InChI is InChI=1S/C19H17N5O2/c1-23-8-7-17(22-23)21-19(26)16-11-24-10-15(5-6-18(24)20-16)14-4-2-3-13(9-14)12-25/h2-11,25H,12H2,1H3,(H,21,22,26). The number of carbonyl (C=O) groups excluding carboxylic acids is 1. The lowest BCUT2D eigenvalue weighted by molar-refractivity contribution is 0.102. The van der Waals surface area contributed by atoms with Crippen molar-refractivity contribution in [1.82, 2.24) is 19.2 Å². The highest BCUT2D eigenvalue weighted by Crippen LogP contribution is 2.21. The highest BCUT2D eigenvalue weighted by atomic mass is 16.3. The van der Waals surface area contributed by atoms with Crippen LogP contribution in [-0.2, 0) is 13.7 Å². The van der Waals surface area contributed by atoms with Gasteiger partial charge >= 0.3 is 0 Å². The second-order valence-electron chi connectivity index (χ2n) is 6.00. The largest absolute Gasteiger partial charge is 0.392 e. The number of benzene rings is 1. The van der Waals surface area contributed by atoms with Gasteiger partial charge < -0.3 is 14.8 Å². The molecule has 0 unspecified atom stereocenters. The Hall–Kier alpha value is -3.45. The van der Waals surface area contributed by atoms with Crippen molar-refractivity contribution < 1.29 is 9.90 Å². The van der Waals surface area contributed by atoms with E-state index in [2.05, 4.69) is 15.4 Å². The average molecular weight is 347 g/mol. The number of amides is 1. The third kappa shape index (κ3) is 3.07. The first-order valence-electron chi connectivity index (χ1n) is 8.12. The zero-order chi connectivity index (χ0) is 18.1. The number of hydrogen-bond acceptors (Lipinski definition) is 4. The van der Waals surface area contributed by atoms with E-state index in [1.807, 2.05) is 47.0 Å². The minimum Gasteiger partial charge on any atom is -0.392 e. The monoisotopic (exact) mass is 347 g/mol. The van der Waals surface area contributed by atoms with Gasteiger partial charge in [0.15, 0.2) is 5.82 Å². The van der Waals surface area contributed by atoms with Gasteiger partial charge in [-0.25, -0.2) is 4.98 Å². The molecule has 0 bridgehead atoms. The molecule has 4 aromatic rings. The Kier molecular flexibility index (Phi) is 3.98. The van der Waals surface area contributed by atoms with Crippen LogP contribution in [0.5, 0.6) is 0 Å². The number of fused-ring (bicyclic) bond motifs is 1. The Morgan fingerprint density at radius 1 is 1.15 bits per heavy atom. The van der Waals surface area contributed by atoms with Crippen molar-refractivity contribution in [3.8, 4) is 11.1 Å². The lowest BCUT2D eigenvalue weighted by Gasteiger charge is -2.04. The zero-order valence-corrected chi connectivity index (χ0v) is 14.1. The van der Waals surface area contributed by atoms with Crippen LogP contribution < -0.4 is 5.32 Å². The zero-order valence-electron chi connectivity index (χ0n) is 14.1. The number of aromatic nitrogens is 4. The molecule has 0 atom stereocenters. The highest BCUT2D eigenvalue weighted by molar-refractivity contribution is 6.02. The summed E-state index contributed by atoms with van der Waals surface area (Å²) in [5.74, 6) is 0.173. The van der Waals surface area contributed by atoms with Crippen molar-refractivity contribution in [3.05, 3.63) is 72.3 Å². The second kappa shape index (κ2) is 6.45. The van der Waals surface area contributed by atoms with Crippen molar-refractivity contribution in [1.29, 1.82) is 0 Å². The van der Waals surface area contributed by atoms with Crippen molar-refractivity contribution in [2.45, 2.75) is 6.61 Å². The number of aryl methyl sites for hydroxylation is 1. The molecule has 0 aliphatic heterocycles. The molecule has 0 radical (unpaired) electrons. The van der Waals surface area contributed by atoms with E-state index in [1.165, 1.54) is 0 Å². The van der Waals surface area contributed by atoms with Crippen LogP contribution in [0.4, 0.5) is 5.82 Å². The summed E-state index contributed by atoms with van der Waals surface area (Å²) >= 11 is 0. The summed E-state index contributed by atoms with van der Waals surface area (Å²) in [7, 11) is 1.79. The third-order valence-corrected chi connectivity index (χ3v) is 4.08. The summed E-state index contributed by atoms with van der Waals surface area (Å²) in [5.41, 5.74) is 3.81. The Bertz CT molecular complexity index is 1100. The van der Waals surface area contributed by atoms with Crippen molar-refractivity contribution >= 4 is 17.4 Å². The van der Waals surface area contributed by atoms with Gasteiger partial charge in [-0.1, -0.05) is 18.2 Å². The van der Waals surface area contributed by atoms with E-state index >= 15 is 0 Å². The van der Waals surface area contributed by atoms with Crippen LogP contribution in [-0.4, -0.2) is 30.2 Å². The predicted octanol–water partition coefficient (Wildman–Crippen LogP) is 2.48. The minimum absolute atomic E-state index is 0.000992. The van der Waals surface area contributed by atoms with Gasteiger partial charge in [-0.05, 0) is 34.9 Å². The van der Waals surface area contributed by atoms with Gasteiger partial charge in [0.1, 0.15) is 11.3 Å². The number of aliphatic hydroxyl groups is 1. The number of pyridine rings is 1. The number of hydrogen-bond donors (Lipinski definition) is 2. The first-order chi connectivity index (χ1) is 12.6. The molecule has 0 saturated carbocycles. The number of nitrogens with one attached hydrogen (secondary N) is 1. The average Bonchev–Trinajstić information content (AvgIpc) is 3.27. The summed E-state index contributed by atoms with van der Waals surface area (Å²) in [6, 6.07) is 13.2. The predicted molar refractivity (Wildman–Crippen MR) is 97.7 cm³/mol. The number of carbonyl (C=O) groups is 1. The van der Waals surface area contributed by atoms with E-state index in [9.17, 15) is 9.90 Å². The molecular weight excluding hydrogens is 330 g/mol. The summed E-state index contributed by atoms with van der Waals surface area (Å²) in [6.07, 6.45) is 5.36. The van der Waals surface area contributed by atoms with Crippen LogP contribution in [0.2, 0.25) is 0 Å². The van der Waals surface area contributed by atoms with Crippen LogP contribution in [0.1, 0.15) is 16.1 Å². The van der Waals surface area contributed by atoms with E-state index in [1.54, 1.807) is 30.2 Å². The molecule has 7 nitrogen and oxygen atoms in total. The van der Waals surface area contributed by atoms with Crippen LogP contribution in [0.25, 0.3) is 16.8 Å². The summed E-state index contributed by atoms with van der Waals surface area (Å²) < 4.78 is 3.43. The van der Waals surface area contributed by atoms with E-state index in [0.717, 1.165) is 16.7 Å². The molecule has 3 aromatic heterocycles. The second-order valence-corrected chi connectivity index (χ2v) is 6.00. The molecular formula is C19H17N5O2. The lowest BCUT2D eigenvalue weighted by atomic mass is 10.1. The molecule has 0 fully saturated rings. The maximum Gasteiger partial charge on any atom is 0.277 e. The van der Waals surface area contributed by atoms with E-state index in [-0.39, 0.29) is 12.5 Å². The Labute approximate surface area is 149 Å². The summed E-state index contributed by atoms with van der Waals surface area (Å²) in [4.78, 5) is 16.7. The topological polar surface area (TPSA) is 84.5 Å². The van der Waals surface area contributed by atoms with E-state index in [0.29, 0.717) is 17.2 Å². The SMILES string of the molecule is Cn1ccc(NC(=O)c2cn3cc(-c4cccc(CO)c4)ccc3n2)n1. The van der Waals surface area contributed by atoms with Gasteiger partial charge in [0.2, 0.25) is 0 Å². The van der Waals surface area contributed by atoms with E-state index < -0.39 is 0 Å². The van der Waals surface area contributed by atoms with Crippen LogP contribution in [0.3, 0.4) is 0 Å². The Morgan fingerprint density at radius 2 is 2.04 bits per heavy atom. The van der Waals surface area contributed by atoms with Gasteiger partial charge in [0, 0.05) is 31.7 Å². The quantitative estimate of drug-likeness (QED) is 0.594. The molecule has 7 heteroatoms. The molecule has 4 rings (SSSR count). The lowest BCUT2D eigenvalue weighted by Crippen LogP contribution is -2.12. The third-order valence-electron chi connectivity index (χ3n) is 4.08. The fourth-order valence-electron chi connectivity index (χ4n) is 2.78. The van der Waals surface area contributed by atoms with Gasteiger partial charge in [0.05, 0.1) is 6.61 Å². The highest BCUT2D eigenvalue weighted by Gasteiger charge is 2.12. The minimum atomic E-state index is -0.309. The normalized spacial score (nSPS) is 11.0. The van der Waals surface area contributed by atoms with Crippen LogP contribution >= 0.6 is 0 Å². The molecule has 1 amide bonds. The van der Waals surface area contributed by atoms with Gasteiger partial charge in [0.25, 0.3) is 5.91 Å². The fraction of sp³-hybridized carbons (Fsp3) is 0.105. The maximum absolute atomic E-state index is 12.4. The van der Waals surface area contributed by atoms with Gasteiger partial charge in [-0.2, -0.15) is 5.10 Å². The first kappa shape index (κ1) is 16.0. The molecule has 0 aliphatic carbocycles. The molecule has 3 heterocycles. The fourth-order valence-corrected chi connectivity index (χ4v) is 2.78. The molecule has 0 saturated heterocycles. The maximum atomic E-state index is 12.4. The molecule has 130 valence electrons. The number of anilines is 1. The molecule has 2 N–H and O–H groups in total. The first-order valence-corrected chi connectivity index (χ1v) is 8.12. The molecule has 0 aliphatic rings. The van der Waals surface area contributed by atoms with Gasteiger partial charge in [-0.3, -0.25) is 9.48 Å². The smallest absolute Gasteiger partial charge is 0.277 e. The Balaban J connectivity index is 1.64. The molecule has 26 heavy (non-hydrogen) atoms. The summed E-state index contributed by atoms with van der Waals surface area (Å²) in [6.45, 7) is -0.000992. The van der Waals surface area contributed by atoms with Gasteiger partial charge in [-0.15, -0.1) is 0 Å². The van der Waals surface area contributed by atoms with Crippen LogP contribution in [0.15, 0.2) is 61.1 Å². The number of aliphatic hydroxyl groups excluding tert-OH is 1. The number of imidazole rings is 1.